The smallest absolute Gasteiger partial charge is 0.416 e. The van der Waals surface area contributed by atoms with Crippen molar-refractivity contribution in [1.82, 2.24) is 5.32 Å². The van der Waals surface area contributed by atoms with Crippen molar-refractivity contribution in [3.05, 3.63) is 35.4 Å². The lowest BCUT2D eigenvalue weighted by Crippen LogP contribution is -2.46. The van der Waals surface area contributed by atoms with Gasteiger partial charge in [-0.25, -0.2) is 0 Å². The van der Waals surface area contributed by atoms with E-state index in [-0.39, 0.29) is 0 Å². The van der Waals surface area contributed by atoms with Crippen LogP contribution in [-0.2, 0) is 21.1 Å². The molecule has 2 rings (SSSR count). The van der Waals surface area contributed by atoms with Crippen LogP contribution in [0.3, 0.4) is 0 Å². The van der Waals surface area contributed by atoms with Gasteiger partial charge >= 0.3 is 12.1 Å². The van der Waals surface area contributed by atoms with Gasteiger partial charge in [-0.2, -0.15) is 13.2 Å². The van der Waals surface area contributed by atoms with E-state index in [0.29, 0.717) is 31.5 Å². The van der Waals surface area contributed by atoms with Gasteiger partial charge in [0.05, 0.1) is 18.1 Å². The third kappa shape index (κ3) is 2.65. The fourth-order valence-corrected chi connectivity index (χ4v) is 2.64. The number of benzene rings is 1. The van der Waals surface area contributed by atoms with Crippen LogP contribution in [0.2, 0.25) is 0 Å². The van der Waals surface area contributed by atoms with E-state index in [4.69, 9.17) is 4.74 Å². The fourth-order valence-electron chi connectivity index (χ4n) is 2.64. The minimum atomic E-state index is -4.37. The number of nitrogens with one attached hydrogen (secondary N) is 1. The molecular weight excluding hydrogens is 271 g/mol. The van der Waals surface area contributed by atoms with Gasteiger partial charge < -0.3 is 10.1 Å². The largest absolute Gasteiger partial charge is 0.468 e. The van der Waals surface area contributed by atoms with Crippen molar-refractivity contribution in [1.29, 1.82) is 0 Å². The van der Waals surface area contributed by atoms with Crippen molar-refractivity contribution >= 4 is 5.97 Å². The van der Waals surface area contributed by atoms with E-state index in [9.17, 15) is 18.0 Å². The molecule has 1 aromatic rings. The van der Waals surface area contributed by atoms with Crippen LogP contribution < -0.4 is 5.32 Å². The van der Waals surface area contributed by atoms with E-state index in [0.717, 1.165) is 12.1 Å². The molecule has 0 radical (unpaired) electrons. The molecule has 6 heteroatoms. The van der Waals surface area contributed by atoms with Gasteiger partial charge in [0.1, 0.15) is 0 Å². The quantitative estimate of drug-likeness (QED) is 0.849. The van der Waals surface area contributed by atoms with Crippen molar-refractivity contribution in [2.75, 3.05) is 20.2 Å². The van der Waals surface area contributed by atoms with Crippen molar-refractivity contribution < 1.29 is 22.7 Å². The second kappa shape index (κ2) is 5.44. The molecule has 1 aliphatic heterocycles. The number of esters is 1. The summed E-state index contributed by atoms with van der Waals surface area (Å²) in [4.78, 5) is 12.1. The lowest BCUT2D eigenvalue weighted by Gasteiger charge is -2.35. The Labute approximate surface area is 115 Å². The SMILES string of the molecule is COC(=O)C1(c2ccc(C(F)(F)F)cc2)CCNCC1. The molecule has 1 heterocycles. The number of piperidine rings is 1. The molecule has 1 aromatic carbocycles. The Morgan fingerprint density at radius 3 is 2.20 bits per heavy atom. The molecule has 0 spiro atoms. The maximum absolute atomic E-state index is 12.6. The number of hydrogen-bond donors (Lipinski definition) is 1. The molecule has 0 bridgehead atoms. The fraction of sp³-hybridized carbons (Fsp3) is 0.500. The first-order valence-corrected chi connectivity index (χ1v) is 6.37. The minimum Gasteiger partial charge on any atom is -0.468 e. The van der Waals surface area contributed by atoms with Gasteiger partial charge in [-0.1, -0.05) is 12.1 Å². The number of hydrogen-bond acceptors (Lipinski definition) is 3. The van der Waals surface area contributed by atoms with E-state index in [1.165, 1.54) is 19.2 Å². The minimum absolute atomic E-state index is 0.390. The number of methoxy groups -OCH3 is 1. The third-order valence-corrected chi connectivity index (χ3v) is 3.80. The maximum atomic E-state index is 12.6. The van der Waals surface area contributed by atoms with E-state index >= 15 is 0 Å². The molecule has 110 valence electrons. The Balaban J connectivity index is 2.37. The summed E-state index contributed by atoms with van der Waals surface area (Å²) < 4.78 is 42.6. The highest BCUT2D eigenvalue weighted by Gasteiger charge is 2.42. The van der Waals surface area contributed by atoms with Crippen molar-refractivity contribution in [2.24, 2.45) is 0 Å². The molecule has 0 amide bonds. The highest BCUT2D eigenvalue weighted by atomic mass is 19.4. The van der Waals surface area contributed by atoms with Crippen LogP contribution in [-0.4, -0.2) is 26.2 Å². The molecule has 1 aliphatic rings. The molecule has 0 aliphatic carbocycles. The van der Waals surface area contributed by atoms with Gasteiger partial charge in [0.25, 0.3) is 0 Å². The first kappa shape index (κ1) is 14.8. The van der Waals surface area contributed by atoms with Gasteiger partial charge in [-0.15, -0.1) is 0 Å². The summed E-state index contributed by atoms with van der Waals surface area (Å²) in [7, 11) is 1.30. The Hall–Kier alpha value is -1.56. The van der Waals surface area contributed by atoms with Gasteiger partial charge in [-0.05, 0) is 43.6 Å². The van der Waals surface area contributed by atoms with E-state index in [1.807, 2.05) is 0 Å². The monoisotopic (exact) mass is 287 g/mol. The maximum Gasteiger partial charge on any atom is 0.416 e. The number of halogens is 3. The lowest BCUT2D eigenvalue weighted by atomic mass is 9.73. The van der Waals surface area contributed by atoms with E-state index < -0.39 is 23.1 Å². The zero-order chi connectivity index (χ0) is 14.8. The zero-order valence-corrected chi connectivity index (χ0v) is 11.1. The third-order valence-electron chi connectivity index (χ3n) is 3.80. The Bertz CT molecular complexity index is 476. The van der Waals surface area contributed by atoms with E-state index in [2.05, 4.69) is 5.32 Å². The van der Waals surface area contributed by atoms with Crippen LogP contribution in [0, 0.1) is 0 Å². The van der Waals surface area contributed by atoms with Crippen molar-refractivity contribution in [3.8, 4) is 0 Å². The highest BCUT2D eigenvalue weighted by Crippen LogP contribution is 2.37. The molecule has 20 heavy (non-hydrogen) atoms. The first-order valence-electron chi connectivity index (χ1n) is 6.37. The van der Waals surface area contributed by atoms with Crippen LogP contribution in [0.1, 0.15) is 24.0 Å². The summed E-state index contributed by atoms with van der Waals surface area (Å²) in [6.07, 6.45) is -3.33. The van der Waals surface area contributed by atoms with Crippen molar-refractivity contribution in [2.45, 2.75) is 24.4 Å². The van der Waals surface area contributed by atoms with Gasteiger partial charge in [0, 0.05) is 0 Å². The summed E-state index contributed by atoms with van der Waals surface area (Å²) in [6, 6.07) is 4.79. The zero-order valence-electron chi connectivity index (χ0n) is 11.1. The van der Waals surface area contributed by atoms with Crippen LogP contribution in [0.5, 0.6) is 0 Å². The second-order valence-corrected chi connectivity index (χ2v) is 4.90. The average Bonchev–Trinajstić information content (AvgIpc) is 2.46. The molecule has 1 saturated heterocycles. The molecule has 1 N–H and O–H groups in total. The average molecular weight is 287 g/mol. The summed E-state index contributed by atoms with van der Waals surface area (Å²) >= 11 is 0. The predicted octanol–water partition coefficient (Wildman–Crippen LogP) is 2.50. The molecule has 0 atom stereocenters. The normalized spacial score (nSPS) is 18.6. The Kier molecular flexibility index (Phi) is 4.04. The summed E-state index contributed by atoms with van der Waals surface area (Å²) in [6.45, 7) is 1.27. The summed E-state index contributed by atoms with van der Waals surface area (Å²) in [5.41, 5.74) is -0.974. The first-order chi connectivity index (χ1) is 9.40. The van der Waals surface area contributed by atoms with E-state index in [1.54, 1.807) is 0 Å². The number of carbonyl (C=O) groups is 1. The molecule has 1 fully saturated rings. The van der Waals surface area contributed by atoms with Crippen LogP contribution in [0.15, 0.2) is 24.3 Å². The molecule has 0 saturated carbocycles. The van der Waals surface area contributed by atoms with Crippen molar-refractivity contribution in [3.63, 3.8) is 0 Å². The molecule has 0 aromatic heterocycles. The number of carbonyl (C=O) groups excluding carboxylic acids is 1. The van der Waals surface area contributed by atoms with Gasteiger partial charge in [0.2, 0.25) is 0 Å². The summed E-state index contributed by atoms with van der Waals surface area (Å²) in [5.74, 6) is -0.390. The standard InChI is InChI=1S/C14H16F3NO2/c1-20-12(19)13(6-8-18-9-7-13)10-2-4-11(5-3-10)14(15,16)17/h2-5,18H,6-9H2,1H3. The highest BCUT2D eigenvalue weighted by molar-refractivity contribution is 5.83. The van der Waals surface area contributed by atoms with Crippen LogP contribution >= 0.6 is 0 Å². The number of alkyl halides is 3. The number of rotatable bonds is 2. The Morgan fingerprint density at radius 2 is 1.75 bits per heavy atom. The van der Waals surface area contributed by atoms with Gasteiger partial charge in [-0.3, -0.25) is 4.79 Å². The lowest BCUT2D eigenvalue weighted by molar-refractivity contribution is -0.148. The van der Waals surface area contributed by atoms with Crippen LogP contribution in [0.4, 0.5) is 13.2 Å². The van der Waals surface area contributed by atoms with Crippen LogP contribution in [0.25, 0.3) is 0 Å². The molecule has 0 unspecified atom stereocenters. The Morgan fingerprint density at radius 1 is 1.20 bits per heavy atom. The second-order valence-electron chi connectivity index (χ2n) is 4.90. The molecular formula is C14H16F3NO2. The predicted molar refractivity (Wildman–Crippen MR) is 67.2 cm³/mol. The topological polar surface area (TPSA) is 38.3 Å². The summed E-state index contributed by atoms with van der Waals surface area (Å²) in [5, 5.41) is 3.14. The number of ether oxygens (including phenoxy) is 1. The van der Waals surface area contributed by atoms with Gasteiger partial charge in [0.15, 0.2) is 0 Å². The molecule has 3 nitrogen and oxygen atoms in total.